The van der Waals surface area contributed by atoms with Gasteiger partial charge >= 0.3 is 0 Å². The third-order valence-corrected chi connectivity index (χ3v) is 2.61. The molecular weight excluding hydrogens is 136 g/mol. The van der Waals surface area contributed by atoms with Crippen LogP contribution in [-0.4, -0.2) is 50.6 Å². The van der Waals surface area contributed by atoms with Gasteiger partial charge in [0.2, 0.25) is 0 Å². The molecule has 1 aliphatic rings. The van der Waals surface area contributed by atoms with Crippen LogP contribution in [0.3, 0.4) is 0 Å². The third kappa shape index (κ3) is 1.94. The lowest BCUT2D eigenvalue weighted by molar-refractivity contribution is -0.00176. The number of likely N-dealkylation sites (tertiary alicyclic amines) is 1. The smallest absolute Gasteiger partial charge is 0.00817 e. The second-order valence-electron chi connectivity index (χ2n) is 4.26. The quantitative estimate of drug-likeness (QED) is 0.599. The van der Waals surface area contributed by atoms with Gasteiger partial charge in [-0.15, -0.1) is 0 Å². The van der Waals surface area contributed by atoms with Crippen molar-refractivity contribution in [1.82, 2.24) is 9.80 Å². The van der Waals surface area contributed by atoms with Crippen LogP contribution in [0.2, 0.25) is 0 Å². The van der Waals surface area contributed by atoms with Crippen molar-refractivity contribution in [3.8, 4) is 0 Å². The molecule has 0 atom stereocenters. The molecule has 1 aliphatic heterocycles. The van der Waals surface area contributed by atoms with Crippen molar-refractivity contribution < 1.29 is 0 Å². The second kappa shape index (κ2) is 3.11. The molecule has 2 heteroatoms. The van der Waals surface area contributed by atoms with Crippen molar-refractivity contribution in [3.63, 3.8) is 0 Å². The van der Waals surface area contributed by atoms with E-state index in [4.69, 9.17) is 0 Å². The van der Waals surface area contributed by atoms with E-state index in [2.05, 4.69) is 37.9 Å². The highest BCUT2D eigenvalue weighted by Gasteiger charge is 2.39. The molecule has 11 heavy (non-hydrogen) atoms. The van der Waals surface area contributed by atoms with Crippen molar-refractivity contribution in [1.29, 1.82) is 0 Å². The van der Waals surface area contributed by atoms with E-state index >= 15 is 0 Å². The first kappa shape index (κ1) is 9.01. The highest BCUT2D eigenvalue weighted by molar-refractivity contribution is 4.93. The molecular formula is C9H20N2. The molecule has 2 nitrogen and oxygen atoms in total. The van der Waals surface area contributed by atoms with E-state index in [1.54, 1.807) is 0 Å². The standard InChI is InChI=1S/C9H20N2/c1-5-9(6-10(2)3)7-11(4)8-9/h5-8H2,1-4H3. The van der Waals surface area contributed by atoms with Gasteiger partial charge in [-0.1, -0.05) is 6.92 Å². The average molecular weight is 156 g/mol. The van der Waals surface area contributed by atoms with Crippen LogP contribution >= 0.6 is 0 Å². The lowest BCUT2D eigenvalue weighted by Gasteiger charge is -2.49. The Morgan fingerprint density at radius 2 is 1.91 bits per heavy atom. The fraction of sp³-hybridized carbons (Fsp3) is 1.00. The Kier molecular flexibility index (Phi) is 2.55. The predicted octanol–water partition coefficient (Wildman–Crippen LogP) is 0.890. The first-order valence-corrected chi connectivity index (χ1v) is 4.41. The van der Waals surface area contributed by atoms with E-state index < -0.39 is 0 Å². The lowest BCUT2D eigenvalue weighted by Crippen LogP contribution is -2.58. The maximum Gasteiger partial charge on any atom is 0.00817 e. The van der Waals surface area contributed by atoms with Gasteiger partial charge < -0.3 is 9.80 Å². The summed E-state index contributed by atoms with van der Waals surface area (Å²) in [5, 5.41) is 0. The minimum Gasteiger partial charge on any atom is -0.309 e. The Bertz CT molecular complexity index is 126. The summed E-state index contributed by atoms with van der Waals surface area (Å²) >= 11 is 0. The van der Waals surface area contributed by atoms with Gasteiger partial charge in [-0.25, -0.2) is 0 Å². The van der Waals surface area contributed by atoms with E-state index in [-0.39, 0.29) is 0 Å². The fourth-order valence-corrected chi connectivity index (χ4v) is 2.21. The SMILES string of the molecule is CCC1(CN(C)C)CN(C)C1. The molecule has 1 fully saturated rings. The van der Waals surface area contributed by atoms with Gasteiger partial charge in [0.1, 0.15) is 0 Å². The Labute approximate surface area is 70.2 Å². The Morgan fingerprint density at radius 1 is 1.36 bits per heavy atom. The minimum atomic E-state index is 0.609. The molecule has 0 saturated carbocycles. The van der Waals surface area contributed by atoms with Crippen molar-refractivity contribution in [2.24, 2.45) is 5.41 Å². The molecule has 0 unspecified atom stereocenters. The Morgan fingerprint density at radius 3 is 2.18 bits per heavy atom. The van der Waals surface area contributed by atoms with E-state index in [0.717, 1.165) is 0 Å². The van der Waals surface area contributed by atoms with Crippen LogP contribution in [-0.2, 0) is 0 Å². The van der Waals surface area contributed by atoms with Crippen LogP contribution in [0.5, 0.6) is 0 Å². The molecule has 0 spiro atoms. The van der Waals surface area contributed by atoms with Crippen molar-refractivity contribution in [3.05, 3.63) is 0 Å². The maximum atomic E-state index is 2.40. The predicted molar refractivity (Wildman–Crippen MR) is 48.8 cm³/mol. The summed E-state index contributed by atoms with van der Waals surface area (Å²) in [4.78, 5) is 4.70. The van der Waals surface area contributed by atoms with Gasteiger partial charge in [-0.05, 0) is 27.6 Å². The highest BCUT2D eigenvalue weighted by atomic mass is 15.2. The van der Waals surface area contributed by atoms with Crippen LogP contribution in [0.1, 0.15) is 13.3 Å². The zero-order chi connectivity index (χ0) is 8.48. The molecule has 0 aromatic heterocycles. The van der Waals surface area contributed by atoms with Crippen LogP contribution in [0, 0.1) is 5.41 Å². The molecule has 66 valence electrons. The highest BCUT2D eigenvalue weighted by Crippen LogP contribution is 2.32. The van der Waals surface area contributed by atoms with Crippen LogP contribution in [0.4, 0.5) is 0 Å². The molecule has 0 N–H and O–H groups in total. The normalized spacial score (nSPS) is 23.7. The molecule has 0 aromatic rings. The van der Waals surface area contributed by atoms with Crippen LogP contribution in [0.15, 0.2) is 0 Å². The number of hydrogen-bond donors (Lipinski definition) is 0. The summed E-state index contributed by atoms with van der Waals surface area (Å²) in [5.41, 5.74) is 0.609. The van der Waals surface area contributed by atoms with Crippen LogP contribution in [0.25, 0.3) is 0 Å². The van der Waals surface area contributed by atoms with Crippen molar-refractivity contribution in [2.45, 2.75) is 13.3 Å². The molecule has 1 rings (SSSR count). The van der Waals surface area contributed by atoms with Crippen molar-refractivity contribution in [2.75, 3.05) is 40.8 Å². The third-order valence-electron chi connectivity index (χ3n) is 2.61. The van der Waals surface area contributed by atoms with E-state index in [9.17, 15) is 0 Å². The zero-order valence-corrected chi connectivity index (χ0v) is 8.22. The largest absolute Gasteiger partial charge is 0.309 e. The summed E-state index contributed by atoms with van der Waals surface area (Å²) < 4.78 is 0. The fourth-order valence-electron chi connectivity index (χ4n) is 2.21. The monoisotopic (exact) mass is 156 g/mol. The lowest BCUT2D eigenvalue weighted by atomic mass is 9.77. The van der Waals surface area contributed by atoms with E-state index in [1.807, 2.05) is 0 Å². The summed E-state index contributed by atoms with van der Waals surface area (Å²) in [7, 11) is 6.52. The van der Waals surface area contributed by atoms with Gasteiger partial charge in [0.05, 0.1) is 0 Å². The Balaban J connectivity index is 2.38. The first-order valence-electron chi connectivity index (χ1n) is 4.41. The van der Waals surface area contributed by atoms with E-state index in [1.165, 1.54) is 26.1 Å². The van der Waals surface area contributed by atoms with Crippen LogP contribution < -0.4 is 0 Å². The molecule has 0 amide bonds. The molecule has 0 bridgehead atoms. The second-order valence-corrected chi connectivity index (χ2v) is 4.26. The molecule has 0 aliphatic carbocycles. The van der Waals surface area contributed by atoms with Gasteiger partial charge in [-0.2, -0.15) is 0 Å². The van der Waals surface area contributed by atoms with Gasteiger partial charge in [0.25, 0.3) is 0 Å². The summed E-state index contributed by atoms with van der Waals surface area (Å²) in [6.07, 6.45) is 1.32. The average Bonchev–Trinajstić information content (AvgIpc) is 1.82. The molecule has 0 aromatic carbocycles. The minimum absolute atomic E-state index is 0.609. The topological polar surface area (TPSA) is 6.48 Å². The first-order chi connectivity index (χ1) is 5.08. The summed E-state index contributed by atoms with van der Waals surface area (Å²) in [5.74, 6) is 0. The molecule has 1 heterocycles. The summed E-state index contributed by atoms with van der Waals surface area (Å²) in [6, 6.07) is 0. The Hall–Kier alpha value is -0.0800. The van der Waals surface area contributed by atoms with Crippen molar-refractivity contribution >= 4 is 0 Å². The number of nitrogens with zero attached hydrogens (tertiary/aromatic N) is 2. The molecule has 0 radical (unpaired) electrons. The van der Waals surface area contributed by atoms with Gasteiger partial charge in [-0.3, -0.25) is 0 Å². The van der Waals surface area contributed by atoms with E-state index in [0.29, 0.717) is 5.41 Å². The maximum absolute atomic E-state index is 2.40. The van der Waals surface area contributed by atoms with Gasteiger partial charge in [0, 0.05) is 25.0 Å². The molecule has 1 saturated heterocycles. The number of rotatable bonds is 3. The summed E-state index contributed by atoms with van der Waals surface area (Å²) in [6.45, 7) is 6.10. The van der Waals surface area contributed by atoms with Gasteiger partial charge in [0.15, 0.2) is 0 Å². The zero-order valence-electron chi connectivity index (χ0n) is 8.22. The number of hydrogen-bond acceptors (Lipinski definition) is 2.